The maximum atomic E-state index is 6.21. The smallest absolute Gasteiger partial charge is 0.189 e. The maximum absolute atomic E-state index is 6.21. The Morgan fingerprint density at radius 1 is 1.26 bits per heavy atom. The summed E-state index contributed by atoms with van der Waals surface area (Å²) >= 11 is 0. The van der Waals surface area contributed by atoms with E-state index in [1.165, 1.54) is 12.8 Å². The number of rotatable bonds is 4. The molecule has 4 rings (SSSR count). The fraction of sp³-hybridized carbons (Fsp3) is 0.429. The number of hydrogen-bond acceptors (Lipinski definition) is 4. The first-order valence-electron chi connectivity index (χ1n) is 9.70. The lowest BCUT2D eigenvalue weighted by Gasteiger charge is -2.27. The molecule has 1 saturated heterocycles. The lowest BCUT2D eigenvalue weighted by atomic mass is 10.0. The summed E-state index contributed by atoms with van der Waals surface area (Å²) in [6.07, 6.45) is 3.33. The molecular weight excluding hydrogens is 338 g/mol. The van der Waals surface area contributed by atoms with E-state index in [2.05, 4.69) is 27.3 Å². The van der Waals surface area contributed by atoms with Crippen molar-refractivity contribution in [3.63, 3.8) is 0 Å². The average Bonchev–Trinajstić information content (AvgIpc) is 3.22. The topological polar surface area (TPSA) is 75.8 Å². The van der Waals surface area contributed by atoms with Crippen LogP contribution in [0, 0.1) is 6.92 Å². The van der Waals surface area contributed by atoms with Gasteiger partial charge in [-0.1, -0.05) is 24.3 Å². The zero-order chi connectivity index (χ0) is 18.6. The highest BCUT2D eigenvalue weighted by molar-refractivity contribution is 5.78. The normalized spacial score (nSPS) is 19.5. The standard InChI is InChI=1S/C21H27N5O/c1-15-8-9-16(20(24-15)26-11-4-5-12-26)14-23-21(22)25-18-10-13-27-19-7-3-2-6-17(18)19/h2-3,6-9,18H,4-5,10-14H2,1H3,(H3,22,23,25). The number of aryl methyl sites for hydroxylation is 1. The van der Waals surface area contributed by atoms with Crippen LogP contribution < -0.4 is 20.7 Å². The minimum Gasteiger partial charge on any atom is -0.493 e. The van der Waals surface area contributed by atoms with Crippen LogP contribution >= 0.6 is 0 Å². The van der Waals surface area contributed by atoms with Gasteiger partial charge in [-0.3, -0.25) is 0 Å². The molecule has 6 nitrogen and oxygen atoms in total. The molecule has 0 saturated carbocycles. The summed E-state index contributed by atoms with van der Waals surface area (Å²) in [6.45, 7) is 5.39. The number of nitrogens with one attached hydrogen (secondary N) is 1. The molecule has 1 unspecified atom stereocenters. The summed E-state index contributed by atoms with van der Waals surface area (Å²) in [7, 11) is 0. The lowest BCUT2D eigenvalue weighted by molar-refractivity contribution is 0.262. The number of hydrogen-bond donors (Lipinski definition) is 2. The van der Waals surface area contributed by atoms with Crippen LogP contribution in [0.2, 0.25) is 0 Å². The predicted octanol–water partition coefficient (Wildman–Crippen LogP) is 2.92. The van der Waals surface area contributed by atoms with Gasteiger partial charge in [-0.2, -0.15) is 0 Å². The molecule has 1 atom stereocenters. The van der Waals surface area contributed by atoms with E-state index in [0.717, 1.165) is 47.9 Å². The van der Waals surface area contributed by atoms with Crippen LogP contribution in [0.25, 0.3) is 0 Å². The molecular formula is C21H27N5O. The molecule has 0 radical (unpaired) electrons. The number of anilines is 1. The second-order valence-corrected chi connectivity index (χ2v) is 7.20. The fourth-order valence-electron chi connectivity index (χ4n) is 3.78. The Morgan fingerprint density at radius 3 is 2.93 bits per heavy atom. The first kappa shape index (κ1) is 17.6. The molecule has 0 spiro atoms. The molecule has 6 heteroatoms. The van der Waals surface area contributed by atoms with E-state index in [4.69, 9.17) is 15.5 Å². The zero-order valence-electron chi connectivity index (χ0n) is 15.8. The third-order valence-electron chi connectivity index (χ3n) is 5.20. The van der Waals surface area contributed by atoms with Crippen molar-refractivity contribution < 1.29 is 4.74 Å². The van der Waals surface area contributed by atoms with Crippen molar-refractivity contribution >= 4 is 11.8 Å². The van der Waals surface area contributed by atoms with Gasteiger partial charge in [0.1, 0.15) is 11.6 Å². The van der Waals surface area contributed by atoms with Gasteiger partial charge >= 0.3 is 0 Å². The van der Waals surface area contributed by atoms with Crippen LogP contribution in [0.3, 0.4) is 0 Å². The summed E-state index contributed by atoms with van der Waals surface area (Å²) in [4.78, 5) is 11.7. The molecule has 1 aromatic carbocycles. The second-order valence-electron chi connectivity index (χ2n) is 7.20. The van der Waals surface area contributed by atoms with E-state index in [0.29, 0.717) is 19.1 Å². The van der Waals surface area contributed by atoms with Gasteiger partial charge in [0.05, 0.1) is 19.2 Å². The number of aromatic nitrogens is 1. The number of nitrogens with two attached hydrogens (primary N) is 1. The molecule has 2 aliphatic heterocycles. The molecule has 2 aromatic rings. The third kappa shape index (κ3) is 3.99. The van der Waals surface area contributed by atoms with Crippen LogP contribution in [-0.2, 0) is 6.54 Å². The van der Waals surface area contributed by atoms with Gasteiger partial charge < -0.3 is 20.7 Å². The Balaban J connectivity index is 1.47. The van der Waals surface area contributed by atoms with E-state index in [1.54, 1.807) is 0 Å². The van der Waals surface area contributed by atoms with Crippen LogP contribution in [0.15, 0.2) is 41.4 Å². The van der Waals surface area contributed by atoms with Crippen molar-refractivity contribution in [2.75, 3.05) is 24.6 Å². The monoisotopic (exact) mass is 365 g/mol. The van der Waals surface area contributed by atoms with Crippen molar-refractivity contribution in [3.8, 4) is 5.75 Å². The van der Waals surface area contributed by atoms with Crippen molar-refractivity contribution in [2.24, 2.45) is 10.7 Å². The summed E-state index contributed by atoms with van der Waals surface area (Å²) < 4.78 is 5.71. The highest BCUT2D eigenvalue weighted by atomic mass is 16.5. The number of benzene rings is 1. The van der Waals surface area contributed by atoms with Crippen molar-refractivity contribution in [3.05, 3.63) is 53.2 Å². The zero-order valence-corrected chi connectivity index (χ0v) is 15.8. The van der Waals surface area contributed by atoms with Gasteiger partial charge in [0.15, 0.2) is 5.96 Å². The van der Waals surface area contributed by atoms with Crippen molar-refractivity contribution in [1.82, 2.24) is 10.3 Å². The second kappa shape index (κ2) is 7.86. The quantitative estimate of drug-likeness (QED) is 0.644. The SMILES string of the molecule is Cc1ccc(CN=C(N)NC2CCOc3ccccc32)c(N2CCCC2)n1. The summed E-state index contributed by atoms with van der Waals surface area (Å²) in [5.74, 6) is 2.44. The van der Waals surface area contributed by atoms with Crippen LogP contribution in [0.5, 0.6) is 5.75 Å². The number of fused-ring (bicyclic) bond motifs is 1. The summed E-state index contributed by atoms with van der Waals surface area (Å²) in [5.41, 5.74) is 9.50. The van der Waals surface area contributed by atoms with Crippen molar-refractivity contribution in [2.45, 2.75) is 38.8 Å². The van der Waals surface area contributed by atoms with E-state index in [1.807, 2.05) is 31.2 Å². The number of pyridine rings is 1. The maximum Gasteiger partial charge on any atom is 0.189 e. The van der Waals surface area contributed by atoms with Gasteiger partial charge in [0, 0.05) is 36.3 Å². The first-order valence-corrected chi connectivity index (χ1v) is 9.70. The molecule has 27 heavy (non-hydrogen) atoms. The van der Waals surface area contributed by atoms with Crippen LogP contribution in [-0.4, -0.2) is 30.6 Å². The molecule has 0 amide bonds. The molecule has 2 aliphatic rings. The average molecular weight is 365 g/mol. The van der Waals surface area contributed by atoms with Crippen LogP contribution in [0.4, 0.5) is 5.82 Å². The van der Waals surface area contributed by atoms with Gasteiger partial charge in [0.2, 0.25) is 0 Å². The van der Waals surface area contributed by atoms with E-state index < -0.39 is 0 Å². The molecule has 142 valence electrons. The summed E-state index contributed by atoms with van der Waals surface area (Å²) in [6, 6.07) is 12.4. The Labute approximate surface area is 160 Å². The Kier molecular flexibility index (Phi) is 5.14. The molecule has 3 N–H and O–H groups in total. The van der Waals surface area contributed by atoms with Gasteiger partial charge in [-0.25, -0.2) is 9.98 Å². The van der Waals surface area contributed by atoms with Gasteiger partial charge in [-0.15, -0.1) is 0 Å². The third-order valence-corrected chi connectivity index (χ3v) is 5.20. The number of nitrogens with zero attached hydrogens (tertiary/aromatic N) is 3. The number of aliphatic imine (C=N–C) groups is 1. The largest absolute Gasteiger partial charge is 0.493 e. The molecule has 0 bridgehead atoms. The number of guanidine groups is 1. The molecule has 1 aromatic heterocycles. The van der Waals surface area contributed by atoms with E-state index in [-0.39, 0.29) is 6.04 Å². The number of para-hydroxylation sites is 1. The Bertz CT molecular complexity index is 829. The van der Waals surface area contributed by atoms with Crippen molar-refractivity contribution in [1.29, 1.82) is 0 Å². The minimum atomic E-state index is 0.132. The van der Waals surface area contributed by atoms with Gasteiger partial charge in [-0.05, 0) is 31.9 Å². The van der Waals surface area contributed by atoms with Crippen LogP contribution in [0.1, 0.15) is 42.1 Å². The molecule has 1 fully saturated rings. The highest BCUT2D eigenvalue weighted by Gasteiger charge is 2.21. The fourth-order valence-corrected chi connectivity index (χ4v) is 3.78. The Morgan fingerprint density at radius 2 is 2.07 bits per heavy atom. The predicted molar refractivity (Wildman–Crippen MR) is 108 cm³/mol. The highest BCUT2D eigenvalue weighted by Crippen LogP contribution is 2.31. The minimum absolute atomic E-state index is 0.132. The van der Waals surface area contributed by atoms with E-state index >= 15 is 0 Å². The first-order chi connectivity index (χ1) is 13.2. The van der Waals surface area contributed by atoms with E-state index in [9.17, 15) is 0 Å². The lowest BCUT2D eigenvalue weighted by Crippen LogP contribution is -2.37. The Hall–Kier alpha value is -2.76. The van der Waals surface area contributed by atoms with Gasteiger partial charge in [0.25, 0.3) is 0 Å². The molecule has 0 aliphatic carbocycles. The molecule has 3 heterocycles. The summed E-state index contributed by atoms with van der Waals surface area (Å²) in [5, 5.41) is 3.36. The number of ether oxygens (including phenoxy) is 1.